The van der Waals surface area contributed by atoms with E-state index >= 15 is 0 Å². The number of carbonyl (C=O) groups excluding carboxylic acids is 2. The Balaban J connectivity index is 1.53. The predicted octanol–water partition coefficient (Wildman–Crippen LogP) is 2.12. The van der Waals surface area contributed by atoms with Crippen LogP contribution in [0.5, 0.6) is 0 Å². The fourth-order valence-corrected chi connectivity index (χ4v) is 4.28. The summed E-state index contributed by atoms with van der Waals surface area (Å²) in [6.45, 7) is 2.02. The lowest BCUT2D eigenvalue weighted by Gasteiger charge is -2.18. The van der Waals surface area contributed by atoms with E-state index in [1.165, 1.54) is 0 Å². The van der Waals surface area contributed by atoms with Crippen LogP contribution in [0.1, 0.15) is 29.4 Å². The summed E-state index contributed by atoms with van der Waals surface area (Å²) in [5.74, 6) is 5.43. The Morgan fingerprint density at radius 2 is 2.16 bits per heavy atom. The molecule has 0 spiro atoms. The Morgan fingerprint density at radius 1 is 1.32 bits per heavy atom. The highest BCUT2D eigenvalue weighted by molar-refractivity contribution is 5.96. The van der Waals surface area contributed by atoms with Gasteiger partial charge in [0.1, 0.15) is 5.82 Å². The van der Waals surface area contributed by atoms with Crippen molar-refractivity contribution in [3.05, 3.63) is 59.9 Å². The van der Waals surface area contributed by atoms with E-state index in [1.54, 1.807) is 18.9 Å². The van der Waals surface area contributed by atoms with E-state index in [2.05, 4.69) is 16.8 Å². The number of benzene rings is 1. The zero-order chi connectivity index (χ0) is 21.8. The number of nitrogens with zero attached hydrogens (tertiary/aromatic N) is 3. The van der Waals surface area contributed by atoms with Crippen molar-refractivity contribution in [1.82, 2.24) is 14.3 Å². The minimum atomic E-state index is -1.62. The lowest BCUT2D eigenvalue weighted by Crippen LogP contribution is -2.41. The van der Waals surface area contributed by atoms with Crippen LogP contribution >= 0.6 is 0 Å². The first-order valence-corrected chi connectivity index (χ1v) is 10.2. The molecular weight excluding hydrogens is 394 g/mol. The topological polar surface area (TPSA) is 84.1 Å². The maximum Gasteiger partial charge on any atom is 0.359 e. The summed E-state index contributed by atoms with van der Waals surface area (Å²) in [5.41, 5.74) is 0.696. The molecule has 3 aromatic rings. The van der Waals surface area contributed by atoms with Crippen molar-refractivity contribution in [3.8, 4) is 23.2 Å². The number of aromatic nitrogens is 2. The van der Waals surface area contributed by atoms with Crippen LogP contribution < -0.4 is 0 Å². The number of rotatable bonds is 3. The van der Waals surface area contributed by atoms with Gasteiger partial charge in [0.2, 0.25) is 5.60 Å². The van der Waals surface area contributed by atoms with Crippen LogP contribution in [0.3, 0.4) is 0 Å². The molecule has 156 valence electrons. The zero-order valence-electron chi connectivity index (χ0n) is 17.2. The summed E-state index contributed by atoms with van der Waals surface area (Å²) in [4.78, 5) is 30.9. The van der Waals surface area contributed by atoms with Gasteiger partial charge in [0.15, 0.2) is 5.69 Å². The van der Waals surface area contributed by atoms with Gasteiger partial charge in [-0.2, -0.15) is 0 Å². The fourth-order valence-electron chi connectivity index (χ4n) is 4.28. The van der Waals surface area contributed by atoms with Crippen molar-refractivity contribution in [1.29, 1.82) is 0 Å². The Morgan fingerprint density at radius 3 is 2.90 bits per heavy atom. The lowest BCUT2D eigenvalue weighted by atomic mass is 9.98. The largest absolute Gasteiger partial charge is 0.461 e. The van der Waals surface area contributed by atoms with Gasteiger partial charge in [-0.15, -0.1) is 0 Å². The number of esters is 1. The number of aliphatic hydroxyl groups is 1. The van der Waals surface area contributed by atoms with Gasteiger partial charge in [0.05, 0.1) is 12.1 Å². The highest BCUT2D eigenvalue weighted by atomic mass is 16.5. The number of hydrogen-bond acceptors (Lipinski definition) is 5. The number of hydrogen-bond donors (Lipinski definition) is 1. The Bertz CT molecular complexity index is 1280. The van der Waals surface area contributed by atoms with Crippen LogP contribution in [0, 0.1) is 17.8 Å². The number of pyridine rings is 1. The lowest BCUT2D eigenvalue weighted by molar-refractivity contribution is -0.140. The van der Waals surface area contributed by atoms with Gasteiger partial charge >= 0.3 is 5.97 Å². The molecule has 7 nitrogen and oxygen atoms in total. The van der Waals surface area contributed by atoms with E-state index in [-0.39, 0.29) is 30.2 Å². The maximum absolute atomic E-state index is 12.4. The van der Waals surface area contributed by atoms with Crippen molar-refractivity contribution in [2.24, 2.45) is 5.92 Å². The van der Waals surface area contributed by atoms with Crippen molar-refractivity contribution in [2.45, 2.75) is 25.0 Å². The molecule has 3 unspecified atom stereocenters. The van der Waals surface area contributed by atoms with Gasteiger partial charge in [-0.3, -0.25) is 9.20 Å². The molecule has 0 radical (unpaired) electrons. The van der Waals surface area contributed by atoms with Crippen molar-refractivity contribution < 1.29 is 19.4 Å². The monoisotopic (exact) mass is 415 g/mol. The first-order chi connectivity index (χ1) is 14.9. The average Bonchev–Trinajstić information content (AvgIpc) is 3.46. The molecule has 7 heteroatoms. The van der Waals surface area contributed by atoms with Gasteiger partial charge in [-0.25, -0.2) is 9.78 Å². The molecule has 3 heterocycles. The molecule has 1 saturated heterocycles. The third kappa shape index (κ3) is 2.99. The molecule has 1 amide bonds. The maximum atomic E-state index is 12.4. The number of piperidine rings is 1. The predicted molar refractivity (Wildman–Crippen MR) is 113 cm³/mol. The zero-order valence-corrected chi connectivity index (χ0v) is 17.2. The number of ether oxygens (including phenoxy) is 1. The van der Waals surface area contributed by atoms with Gasteiger partial charge in [-0.1, -0.05) is 30.0 Å². The average molecular weight is 415 g/mol. The summed E-state index contributed by atoms with van der Waals surface area (Å²) in [6, 6.07) is 13.0. The van der Waals surface area contributed by atoms with Crippen molar-refractivity contribution in [2.75, 3.05) is 13.7 Å². The molecule has 3 atom stereocenters. The van der Waals surface area contributed by atoms with Gasteiger partial charge in [0.25, 0.3) is 5.91 Å². The summed E-state index contributed by atoms with van der Waals surface area (Å²) < 4.78 is 6.98. The quantitative estimate of drug-likeness (QED) is 0.523. The Kier molecular flexibility index (Phi) is 4.34. The van der Waals surface area contributed by atoms with E-state index in [0.717, 1.165) is 12.0 Å². The number of carbonyl (C=O) groups is 2. The van der Waals surface area contributed by atoms with Crippen LogP contribution in [-0.2, 0) is 9.53 Å². The second kappa shape index (κ2) is 6.96. The van der Waals surface area contributed by atoms with E-state index in [0.29, 0.717) is 16.9 Å². The number of amides is 1. The SMILES string of the molecule is CCOC(=O)c1nc(-c2cccc(C#CC3(O)C(=O)N(C)C4CC43)c2)n2ccccc12. The highest BCUT2D eigenvalue weighted by Gasteiger charge is 2.66. The van der Waals surface area contributed by atoms with Crippen LogP contribution in [0.25, 0.3) is 16.9 Å². The van der Waals surface area contributed by atoms with E-state index in [9.17, 15) is 14.7 Å². The van der Waals surface area contributed by atoms with E-state index in [4.69, 9.17) is 4.74 Å². The molecule has 31 heavy (non-hydrogen) atoms. The molecule has 0 bridgehead atoms. The molecule has 1 N–H and O–H groups in total. The molecule has 1 aliphatic heterocycles. The molecular formula is C24H21N3O4. The van der Waals surface area contributed by atoms with Crippen molar-refractivity contribution in [3.63, 3.8) is 0 Å². The molecule has 1 aliphatic carbocycles. The second-order valence-corrected chi connectivity index (χ2v) is 7.88. The van der Waals surface area contributed by atoms with Gasteiger partial charge in [-0.05, 0) is 37.6 Å². The summed E-state index contributed by atoms with van der Waals surface area (Å²) in [7, 11) is 1.71. The first kappa shape index (κ1) is 19.3. The van der Waals surface area contributed by atoms with Crippen molar-refractivity contribution >= 4 is 17.4 Å². The Labute approximate surface area is 179 Å². The minimum absolute atomic E-state index is 0.0933. The highest BCUT2D eigenvalue weighted by Crippen LogP contribution is 2.50. The summed E-state index contributed by atoms with van der Waals surface area (Å²) in [5, 5.41) is 10.8. The Hall–Kier alpha value is -3.63. The molecule has 2 aliphatic rings. The van der Waals surface area contributed by atoms with E-state index < -0.39 is 11.6 Å². The minimum Gasteiger partial charge on any atom is -0.461 e. The number of imidazole rings is 1. The standard InChI is InChI=1S/C24H21N3O4/c1-3-31-22(28)20-18-9-4-5-12-27(18)21(25-20)16-8-6-7-15(13-16)10-11-24(30)17-14-19(17)26(2)23(24)29/h4-9,12-13,17,19,30H,3,14H2,1-2H3. The molecule has 2 aromatic heterocycles. The third-order valence-corrected chi connectivity index (χ3v) is 5.97. The fraction of sp³-hybridized carbons (Fsp3) is 0.292. The number of likely N-dealkylation sites (N-methyl/N-ethyl adjacent to an activating group) is 1. The summed E-state index contributed by atoms with van der Waals surface area (Å²) >= 11 is 0. The van der Waals surface area contributed by atoms with Crippen LogP contribution in [0.15, 0.2) is 48.7 Å². The molecule has 5 rings (SSSR count). The number of likely N-dealkylation sites (tertiary alicyclic amines) is 1. The van der Waals surface area contributed by atoms with Gasteiger partial charge in [0, 0.05) is 36.3 Å². The van der Waals surface area contributed by atoms with Crippen LogP contribution in [0.2, 0.25) is 0 Å². The molecule has 2 fully saturated rings. The van der Waals surface area contributed by atoms with Crippen LogP contribution in [0.4, 0.5) is 0 Å². The second-order valence-electron chi connectivity index (χ2n) is 7.88. The van der Waals surface area contributed by atoms with Gasteiger partial charge < -0.3 is 14.7 Å². The van der Waals surface area contributed by atoms with Crippen LogP contribution in [-0.4, -0.2) is 56.6 Å². The smallest absolute Gasteiger partial charge is 0.359 e. The normalized spacial score (nSPS) is 24.0. The third-order valence-electron chi connectivity index (χ3n) is 5.97. The summed E-state index contributed by atoms with van der Waals surface area (Å²) in [6.07, 6.45) is 2.62. The molecule has 1 saturated carbocycles. The molecule has 1 aromatic carbocycles. The van der Waals surface area contributed by atoms with E-state index in [1.807, 2.05) is 53.1 Å². The first-order valence-electron chi connectivity index (χ1n) is 10.2. The number of fused-ring (bicyclic) bond motifs is 2.